The molecule has 0 radical (unpaired) electrons. The number of nitrogen functional groups attached to an aromatic ring is 1. The Bertz CT molecular complexity index is 909. The molecule has 0 atom stereocenters. The highest BCUT2D eigenvalue weighted by Crippen LogP contribution is 2.24. The SMILES string of the molecule is Cc1ccc(N)c(N=NCc2cc(N3CCOCC3)nc(OCCN3CCCCC3)n2)c1. The lowest BCUT2D eigenvalue weighted by molar-refractivity contribution is 0.122. The van der Waals surface area contributed by atoms with E-state index in [0.717, 1.165) is 49.8 Å². The number of rotatable bonds is 8. The number of benzene rings is 1. The van der Waals surface area contributed by atoms with E-state index in [9.17, 15) is 0 Å². The summed E-state index contributed by atoms with van der Waals surface area (Å²) in [6, 6.07) is 8.08. The second-order valence-electron chi connectivity index (χ2n) is 8.31. The molecule has 2 aromatic rings. The van der Waals surface area contributed by atoms with Gasteiger partial charge in [0.05, 0.1) is 24.6 Å². The van der Waals surface area contributed by atoms with Crippen molar-refractivity contribution >= 4 is 17.2 Å². The fourth-order valence-electron chi connectivity index (χ4n) is 3.93. The second kappa shape index (κ2) is 11.2. The minimum Gasteiger partial charge on any atom is -0.462 e. The van der Waals surface area contributed by atoms with Crippen LogP contribution in [0.1, 0.15) is 30.5 Å². The van der Waals surface area contributed by atoms with E-state index in [1.54, 1.807) is 0 Å². The van der Waals surface area contributed by atoms with E-state index in [1.165, 1.54) is 19.3 Å². The van der Waals surface area contributed by atoms with E-state index in [2.05, 4.69) is 30.0 Å². The van der Waals surface area contributed by atoms with Crippen LogP contribution in [-0.4, -0.2) is 67.4 Å². The van der Waals surface area contributed by atoms with E-state index in [1.807, 2.05) is 31.2 Å². The fraction of sp³-hybridized carbons (Fsp3) is 0.565. The van der Waals surface area contributed by atoms with E-state index in [0.29, 0.717) is 43.8 Å². The zero-order valence-corrected chi connectivity index (χ0v) is 18.9. The summed E-state index contributed by atoms with van der Waals surface area (Å²) in [6.07, 6.45) is 3.86. The predicted octanol–water partition coefficient (Wildman–Crippen LogP) is 3.35. The molecule has 32 heavy (non-hydrogen) atoms. The molecule has 9 heteroatoms. The zero-order valence-electron chi connectivity index (χ0n) is 18.9. The number of nitrogens with two attached hydrogens (primary N) is 1. The molecule has 2 N–H and O–H groups in total. The molecule has 9 nitrogen and oxygen atoms in total. The Morgan fingerprint density at radius 2 is 1.88 bits per heavy atom. The van der Waals surface area contributed by atoms with Gasteiger partial charge in [-0.3, -0.25) is 4.90 Å². The van der Waals surface area contributed by atoms with Crippen LogP contribution in [0.4, 0.5) is 17.2 Å². The molecule has 0 bridgehead atoms. The summed E-state index contributed by atoms with van der Waals surface area (Å²) in [6.45, 7) is 9.07. The summed E-state index contributed by atoms with van der Waals surface area (Å²) in [5.74, 6) is 0.844. The van der Waals surface area contributed by atoms with Gasteiger partial charge in [-0.1, -0.05) is 12.5 Å². The fourth-order valence-corrected chi connectivity index (χ4v) is 3.93. The normalized spacial score (nSPS) is 17.7. The van der Waals surface area contributed by atoms with Gasteiger partial charge < -0.3 is 20.1 Å². The summed E-state index contributed by atoms with van der Waals surface area (Å²) in [5, 5.41) is 8.66. The molecule has 2 aliphatic heterocycles. The molecular weight excluding hydrogens is 406 g/mol. The van der Waals surface area contributed by atoms with Crippen molar-refractivity contribution in [3.63, 3.8) is 0 Å². The number of hydrogen-bond acceptors (Lipinski definition) is 9. The molecule has 2 aliphatic rings. The zero-order chi connectivity index (χ0) is 22.2. The van der Waals surface area contributed by atoms with Crippen LogP contribution in [0.15, 0.2) is 34.5 Å². The highest BCUT2D eigenvalue weighted by Gasteiger charge is 2.16. The van der Waals surface area contributed by atoms with E-state index >= 15 is 0 Å². The number of azo groups is 1. The van der Waals surface area contributed by atoms with Crippen molar-refractivity contribution in [2.45, 2.75) is 32.7 Å². The smallest absolute Gasteiger partial charge is 0.318 e. The van der Waals surface area contributed by atoms with E-state index in [-0.39, 0.29) is 0 Å². The van der Waals surface area contributed by atoms with Crippen molar-refractivity contribution in [3.8, 4) is 6.01 Å². The first kappa shape index (κ1) is 22.4. The van der Waals surface area contributed by atoms with Gasteiger partial charge in [-0.2, -0.15) is 20.2 Å². The van der Waals surface area contributed by atoms with Gasteiger partial charge in [0.1, 0.15) is 24.7 Å². The Kier molecular flexibility index (Phi) is 7.84. The molecule has 0 unspecified atom stereocenters. The number of ether oxygens (including phenoxy) is 2. The number of aryl methyl sites for hydroxylation is 1. The average molecular weight is 440 g/mol. The monoisotopic (exact) mass is 439 g/mol. The Morgan fingerprint density at radius 3 is 2.69 bits per heavy atom. The maximum absolute atomic E-state index is 6.01. The Hall–Kier alpha value is -2.78. The first-order valence-electron chi connectivity index (χ1n) is 11.5. The number of nitrogens with zero attached hydrogens (tertiary/aromatic N) is 6. The molecule has 0 aliphatic carbocycles. The first-order chi connectivity index (χ1) is 15.7. The number of aromatic nitrogens is 2. The van der Waals surface area contributed by atoms with Gasteiger partial charge in [0, 0.05) is 25.7 Å². The second-order valence-corrected chi connectivity index (χ2v) is 8.31. The van der Waals surface area contributed by atoms with Gasteiger partial charge in [-0.25, -0.2) is 0 Å². The molecule has 3 heterocycles. The molecule has 4 rings (SSSR count). The van der Waals surface area contributed by atoms with Crippen LogP contribution >= 0.6 is 0 Å². The molecule has 0 amide bonds. The van der Waals surface area contributed by atoms with Crippen LogP contribution in [0.25, 0.3) is 0 Å². The van der Waals surface area contributed by atoms with Crippen LogP contribution < -0.4 is 15.4 Å². The molecular formula is C23H33N7O2. The minimum absolute atomic E-state index is 0.329. The van der Waals surface area contributed by atoms with Crippen LogP contribution in [0.3, 0.4) is 0 Å². The van der Waals surface area contributed by atoms with Crippen molar-refractivity contribution in [2.75, 3.05) is 63.2 Å². The number of morpholine rings is 1. The van der Waals surface area contributed by atoms with Gasteiger partial charge in [-0.05, 0) is 50.6 Å². The lowest BCUT2D eigenvalue weighted by Gasteiger charge is -2.28. The van der Waals surface area contributed by atoms with Crippen LogP contribution in [0.5, 0.6) is 6.01 Å². The molecule has 0 saturated carbocycles. The van der Waals surface area contributed by atoms with E-state index < -0.39 is 0 Å². The summed E-state index contributed by atoms with van der Waals surface area (Å²) in [5.41, 5.74) is 9.15. The maximum Gasteiger partial charge on any atom is 0.318 e. The number of piperidine rings is 1. The van der Waals surface area contributed by atoms with Gasteiger partial charge in [0.25, 0.3) is 0 Å². The molecule has 1 aromatic carbocycles. The quantitative estimate of drug-likeness (QED) is 0.497. The largest absolute Gasteiger partial charge is 0.462 e. The average Bonchev–Trinajstić information content (AvgIpc) is 2.82. The van der Waals surface area contributed by atoms with Crippen LogP contribution in [0, 0.1) is 6.92 Å². The van der Waals surface area contributed by atoms with Crippen molar-refractivity contribution in [3.05, 3.63) is 35.5 Å². The van der Waals surface area contributed by atoms with Crippen molar-refractivity contribution in [1.82, 2.24) is 14.9 Å². The Balaban J connectivity index is 1.44. The molecule has 1 aromatic heterocycles. The summed E-state index contributed by atoms with van der Waals surface area (Å²) >= 11 is 0. The van der Waals surface area contributed by atoms with Gasteiger partial charge in [-0.15, -0.1) is 0 Å². The molecule has 0 spiro atoms. The molecule has 2 saturated heterocycles. The third-order valence-electron chi connectivity index (χ3n) is 5.76. The molecule has 172 valence electrons. The van der Waals surface area contributed by atoms with Crippen molar-refractivity contribution < 1.29 is 9.47 Å². The van der Waals surface area contributed by atoms with Gasteiger partial charge in [0.15, 0.2) is 0 Å². The Labute approximate surface area is 189 Å². The standard InChI is InChI=1S/C23H33N7O2/c1-18-5-6-20(24)21(15-18)28-25-17-19-16-22(30-10-12-31-13-11-30)27-23(26-19)32-14-9-29-7-3-2-4-8-29/h5-6,15-16H,2-4,7-14,17,24H2,1H3. The summed E-state index contributed by atoms with van der Waals surface area (Å²) < 4.78 is 11.4. The summed E-state index contributed by atoms with van der Waals surface area (Å²) in [7, 11) is 0. The summed E-state index contributed by atoms with van der Waals surface area (Å²) in [4.78, 5) is 13.9. The molecule has 2 fully saturated rings. The van der Waals surface area contributed by atoms with Crippen LogP contribution in [0.2, 0.25) is 0 Å². The lowest BCUT2D eigenvalue weighted by atomic mass is 10.1. The van der Waals surface area contributed by atoms with Crippen LogP contribution in [-0.2, 0) is 11.3 Å². The minimum atomic E-state index is 0.329. The first-order valence-corrected chi connectivity index (χ1v) is 11.5. The predicted molar refractivity (Wildman–Crippen MR) is 125 cm³/mol. The highest BCUT2D eigenvalue weighted by atomic mass is 16.5. The van der Waals surface area contributed by atoms with Crippen molar-refractivity contribution in [1.29, 1.82) is 0 Å². The third-order valence-corrected chi connectivity index (χ3v) is 5.76. The number of hydrogen-bond donors (Lipinski definition) is 1. The van der Waals surface area contributed by atoms with Gasteiger partial charge >= 0.3 is 6.01 Å². The number of likely N-dealkylation sites (tertiary alicyclic amines) is 1. The van der Waals surface area contributed by atoms with Gasteiger partial charge in [0.2, 0.25) is 0 Å². The lowest BCUT2D eigenvalue weighted by Crippen LogP contribution is -2.37. The topological polar surface area (TPSA) is 101 Å². The van der Waals surface area contributed by atoms with E-state index in [4.69, 9.17) is 15.2 Å². The Morgan fingerprint density at radius 1 is 1.06 bits per heavy atom. The number of anilines is 2. The highest BCUT2D eigenvalue weighted by molar-refractivity contribution is 5.62. The van der Waals surface area contributed by atoms with Crippen molar-refractivity contribution in [2.24, 2.45) is 10.2 Å². The maximum atomic E-state index is 6.01. The third kappa shape index (κ3) is 6.37.